The molecule has 0 bridgehead atoms. The molecule has 0 aromatic heterocycles. The number of hydrazone groups is 1. The topological polar surface area (TPSA) is 79.8 Å². The first-order chi connectivity index (χ1) is 13.3. The van der Waals surface area contributed by atoms with Crippen molar-refractivity contribution in [3.63, 3.8) is 0 Å². The fourth-order valence-corrected chi connectivity index (χ4v) is 2.78. The van der Waals surface area contributed by atoms with Crippen LogP contribution in [0.4, 0.5) is 4.39 Å². The fraction of sp³-hybridized carbons (Fsp3) is 0.250. The number of carbonyl (C=O) groups is 2. The third-order valence-electron chi connectivity index (χ3n) is 3.91. The van der Waals surface area contributed by atoms with Crippen LogP contribution in [0.5, 0.6) is 5.75 Å². The lowest BCUT2D eigenvalue weighted by Gasteiger charge is -2.20. The van der Waals surface area contributed by atoms with Crippen LogP contribution in [0.2, 0.25) is 0 Å². The van der Waals surface area contributed by atoms with Gasteiger partial charge in [0, 0.05) is 15.6 Å². The van der Waals surface area contributed by atoms with E-state index >= 15 is 0 Å². The minimum atomic E-state index is -0.806. The van der Waals surface area contributed by atoms with Gasteiger partial charge in [0.2, 0.25) is 0 Å². The van der Waals surface area contributed by atoms with Gasteiger partial charge in [-0.3, -0.25) is 9.59 Å². The van der Waals surface area contributed by atoms with Gasteiger partial charge in [-0.2, -0.15) is 5.10 Å². The Labute approximate surface area is 171 Å². The van der Waals surface area contributed by atoms with Gasteiger partial charge in [0.25, 0.3) is 11.8 Å². The highest BCUT2D eigenvalue weighted by molar-refractivity contribution is 9.10. The van der Waals surface area contributed by atoms with E-state index in [0.29, 0.717) is 11.3 Å². The van der Waals surface area contributed by atoms with E-state index in [1.165, 1.54) is 30.5 Å². The summed E-state index contributed by atoms with van der Waals surface area (Å²) < 4.78 is 19.1. The van der Waals surface area contributed by atoms with Gasteiger partial charge in [-0.15, -0.1) is 0 Å². The predicted molar refractivity (Wildman–Crippen MR) is 109 cm³/mol. The van der Waals surface area contributed by atoms with Gasteiger partial charge in [-0.05, 0) is 48.4 Å². The molecular formula is C20H21BrFN3O3. The third-order valence-corrected chi connectivity index (χ3v) is 4.41. The van der Waals surface area contributed by atoms with Crippen LogP contribution in [0.3, 0.4) is 0 Å². The van der Waals surface area contributed by atoms with Crippen molar-refractivity contribution < 1.29 is 18.7 Å². The Morgan fingerprint density at radius 3 is 2.46 bits per heavy atom. The first-order valence-electron chi connectivity index (χ1n) is 8.54. The number of nitrogens with zero attached hydrogens (tertiary/aromatic N) is 1. The van der Waals surface area contributed by atoms with Crippen molar-refractivity contribution in [2.45, 2.75) is 19.9 Å². The Balaban J connectivity index is 2.06. The van der Waals surface area contributed by atoms with E-state index in [0.717, 1.165) is 4.47 Å². The molecule has 2 aromatic rings. The van der Waals surface area contributed by atoms with E-state index in [-0.39, 0.29) is 11.5 Å². The summed E-state index contributed by atoms with van der Waals surface area (Å²) in [6, 6.07) is 9.69. The summed E-state index contributed by atoms with van der Waals surface area (Å²) in [5, 5.41) is 6.61. The highest BCUT2D eigenvalue weighted by Gasteiger charge is 2.24. The number of ether oxygens (including phenoxy) is 1. The van der Waals surface area contributed by atoms with Crippen molar-refractivity contribution in [2.75, 3.05) is 7.11 Å². The molecular weight excluding hydrogens is 429 g/mol. The highest BCUT2D eigenvalue weighted by atomic mass is 79.9. The molecule has 0 spiro atoms. The van der Waals surface area contributed by atoms with Crippen LogP contribution in [0.1, 0.15) is 29.8 Å². The average Bonchev–Trinajstić information content (AvgIpc) is 2.66. The molecule has 1 atom stereocenters. The lowest BCUT2D eigenvalue weighted by molar-refractivity contribution is -0.123. The summed E-state index contributed by atoms with van der Waals surface area (Å²) in [5.74, 6) is -0.944. The van der Waals surface area contributed by atoms with Crippen LogP contribution < -0.4 is 15.5 Å². The summed E-state index contributed by atoms with van der Waals surface area (Å²) in [6.07, 6.45) is 1.46. The second kappa shape index (κ2) is 9.98. The monoisotopic (exact) mass is 449 g/mol. The third kappa shape index (κ3) is 5.88. The maximum Gasteiger partial charge on any atom is 0.262 e. The smallest absolute Gasteiger partial charge is 0.262 e. The molecule has 6 nitrogen and oxygen atoms in total. The van der Waals surface area contributed by atoms with E-state index in [9.17, 15) is 14.0 Å². The van der Waals surface area contributed by atoms with E-state index < -0.39 is 23.7 Å². The van der Waals surface area contributed by atoms with Crippen LogP contribution in [0.15, 0.2) is 52.0 Å². The Morgan fingerprint density at radius 1 is 1.18 bits per heavy atom. The SMILES string of the molecule is COc1ccc(Br)cc1C=NNC(=O)C(NC(=O)c1ccc(F)cc1)C(C)C. The van der Waals surface area contributed by atoms with Crippen LogP contribution in [-0.2, 0) is 4.79 Å². The number of rotatable bonds is 7. The summed E-state index contributed by atoms with van der Waals surface area (Å²) in [4.78, 5) is 24.8. The van der Waals surface area contributed by atoms with Crippen LogP contribution in [0, 0.1) is 11.7 Å². The maximum atomic E-state index is 13.0. The van der Waals surface area contributed by atoms with Crippen LogP contribution in [-0.4, -0.2) is 31.2 Å². The molecule has 2 N–H and O–H groups in total. The first kappa shape index (κ1) is 21.6. The lowest BCUT2D eigenvalue weighted by atomic mass is 10.0. The molecule has 0 heterocycles. The van der Waals surface area contributed by atoms with Gasteiger partial charge < -0.3 is 10.1 Å². The quantitative estimate of drug-likeness (QED) is 0.501. The maximum absolute atomic E-state index is 13.0. The summed E-state index contributed by atoms with van der Waals surface area (Å²) in [6.45, 7) is 3.60. The fourth-order valence-electron chi connectivity index (χ4n) is 2.40. The Bertz CT molecular complexity index is 869. The zero-order valence-electron chi connectivity index (χ0n) is 15.7. The molecule has 0 aliphatic carbocycles. The number of hydrogen-bond donors (Lipinski definition) is 2. The normalized spacial score (nSPS) is 12.1. The molecule has 0 aliphatic rings. The van der Waals surface area contributed by atoms with Crippen LogP contribution in [0.25, 0.3) is 0 Å². The van der Waals surface area contributed by atoms with Crippen molar-refractivity contribution in [2.24, 2.45) is 11.0 Å². The lowest BCUT2D eigenvalue weighted by Crippen LogP contribution is -2.48. The van der Waals surface area contributed by atoms with Crippen molar-refractivity contribution in [3.05, 3.63) is 63.9 Å². The molecule has 148 valence electrons. The molecule has 1 unspecified atom stereocenters. The minimum absolute atomic E-state index is 0.181. The first-order valence-corrected chi connectivity index (χ1v) is 9.34. The van der Waals surface area contributed by atoms with Crippen molar-refractivity contribution in [1.82, 2.24) is 10.7 Å². The number of amides is 2. The second-order valence-corrected chi connectivity index (χ2v) is 7.24. The highest BCUT2D eigenvalue weighted by Crippen LogP contribution is 2.21. The molecule has 28 heavy (non-hydrogen) atoms. The Kier molecular flexibility index (Phi) is 7.69. The number of hydrogen-bond acceptors (Lipinski definition) is 4. The molecule has 2 aromatic carbocycles. The number of methoxy groups -OCH3 is 1. The van der Waals surface area contributed by atoms with Gasteiger partial charge in [-0.25, -0.2) is 9.82 Å². The molecule has 2 amide bonds. The van der Waals surface area contributed by atoms with Crippen molar-refractivity contribution >= 4 is 34.0 Å². The van der Waals surface area contributed by atoms with Gasteiger partial charge in [0.15, 0.2) is 0 Å². The van der Waals surface area contributed by atoms with E-state index in [4.69, 9.17) is 4.74 Å². The summed E-state index contributed by atoms with van der Waals surface area (Å²) >= 11 is 3.37. The molecule has 0 saturated heterocycles. The predicted octanol–water partition coefficient (Wildman–Crippen LogP) is 3.50. The zero-order valence-corrected chi connectivity index (χ0v) is 17.3. The van der Waals surface area contributed by atoms with Crippen molar-refractivity contribution in [3.8, 4) is 5.75 Å². The van der Waals surface area contributed by atoms with Crippen LogP contribution >= 0.6 is 15.9 Å². The number of carbonyl (C=O) groups excluding carboxylic acids is 2. The molecule has 2 rings (SSSR count). The zero-order chi connectivity index (χ0) is 20.7. The molecule has 0 aliphatic heterocycles. The van der Waals surface area contributed by atoms with E-state index in [2.05, 4.69) is 31.8 Å². The molecule has 0 saturated carbocycles. The van der Waals surface area contributed by atoms with Gasteiger partial charge in [-0.1, -0.05) is 29.8 Å². The number of halogens is 2. The molecule has 0 fully saturated rings. The second-order valence-electron chi connectivity index (χ2n) is 6.32. The molecule has 0 radical (unpaired) electrons. The van der Waals surface area contributed by atoms with Gasteiger partial charge in [0.1, 0.15) is 17.6 Å². The van der Waals surface area contributed by atoms with Gasteiger partial charge in [0.05, 0.1) is 13.3 Å². The largest absolute Gasteiger partial charge is 0.496 e. The summed E-state index contributed by atoms with van der Waals surface area (Å²) in [5.41, 5.74) is 3.37. The van der Waals surface area contributed by atoms with Gasteiger partial charge >= 0.3 is 0 Å². The van der Waals surface area contributed by atoms with E-state index in [1.807, 2.05) is 6.07 Å². The number of nitrogens with one attached hydrogen (secondary N) is 2. The Hall–Kier alpha value is -2.74. The summed E-state index contributed by atoms with van der Waals surface area (Å²) in [7, 11) is 1.54. The minimum Gasteiger partial charge on any atom is -0.496 e. The standard InChI is InChI=1S/C20H21BrFN3O3/c1-12(2)18(24-19(26)13-4-7-16(22)8-5-13)20(27)25-23-11-14-10-15(21)6-9-17(14)28-3/h4-12,18H,1-3H3,(H,24,26)(H,25,27). The number of benzene rings is 2. The van der Waals surface area contributed by atoms with Crippen molar-refractivity contribution in [1.29, 1.82) is 0 Å². The Morgan fingerprint density at radius 2 is 1.86 bits per heavy atom. The molecule has 8 heteroatoms. The van der Waals surface area contributed by atoms with E-state index in [1.54, 1.807) is 33.1 Å². The average molecular weight is 450 g/mol.